The lowest BCUT2D eigenvalue weighted by Crippen LogP contribution is -2.51. The number of carbonyl (C=O) groups excluding carboxylic acids is 2. The van der Waals surface area contributed by atoms with Gasteiger partial charge in [0.2, 0.25) is 11.8 Å². The van der Waals surface area contributed by atoms with Crippen LogP contribution >= 0.6 is 0 Å². The van der Waals surface area contributed by atoms with Gasteiger partial charge in [-0.1, -0.05) is 60.2 Å². The molecule has 4 nitrogen and oxygen atoms in total. The van der Waals surface area contributed by atoms with Crippen LogP contribution < -0.4 is 0 Å². The smallest absolute Gasteiger partial charge is 0.227 e. The van der Waals surface area contributed by atoms with E-state index in [2.05, 4.69) is 18.2 Å². The largest absolute Gasteiger partial charge is 0.339 e. The fraction of sp³-hybridized carbons (Fsp3) is 0.391. The number of carbonyl (C=O) groups is 2. The number of nitrogens with zero attached hydrogens (tertiary/aromatic N) is 2. The van der Waals surface area contributed by atoms with Crippen LogP contribution in [0, 0.1) is 12.8 Å². The van der Waals surface area contributed by atoms with Crippen LogP contribution in [0.2, 0.25) is 0 Å². The van der Waals surface area contributed by atoms with Crippen molar-refractivity contribution >= 4 is 11.8 Å². The first-order chi connectivity index (χ1) is 13.1. The predicted octanol–water partition coefficient (Wildman–Crippen LogP) is 3.01. The lowest BCUT2D eigenvalue weighted by atomic mass is 10.1. The molecule has 2 amide bonds. The standard InChI is InChI=1S/C23H26N2O2/c1-17-6-5-7-18(14-17)15-22(26)24-10-12-25(13-11-24)23(27)21-16-20(21)19-8-3-2-4-9-19/h2-9,14,20-21H,10-13,15-16H2,1H3. The first-order valence-corrected chi connectivity index (χ1v) is 9.79. The Balaban J connectivity index is 1.28. The molecule has 1 heterocycles. The summed E-state index contributed by atoms with van der Waals surface area (Å²) < 4.78 is 0. The average Bonchev–Trinajstić information content (AvgIpc) is 3.49. The summed E-state index contributed by atoms with van der Waals surface area (Å²) >= 11 is 0. The number of hydrogen-bond donors (Lipinski definition) is 0. The second-order valence-corrected chi connectivity index (χ2v) is 7.73. The summed E-state index contributed by atoms with van der Waals surface area (Å²) in [6.45, 7) is 4.62. The monoisotopic (exact) mass is 362 g/mol. The Morgan fingerprint density at radius 2 is 1.63 bits per heavy atom. The number of aryl methyl sites for hydroxylation is 1. The zero-order valence-corrected chi connectivity index (χ0v) is 15.8. The third-order valence-electron chi connectivity index (χ3n) is 5.72. The molecule has 2 fully saturated rings. The van der Waals surface area contributed by atoms with E-state index in [1.165, 1.54) is 11.1 Å². The summed E-state index contributed by atoms with van der Waals surface area (Å²) in [7, 11) is 0. The van der Waals surface area contributed by atoms with Gasteiger partial charge in [-0.2, -0.15) is 0 Å². The molecule has 0 N–H and O–H groups in total. The van der Waals surface area contributed by atoms with Crippen molar-refractivity contribution in [2.45, 2.75) is 25.7 Å². The van der Waals surface area contributed by atoms with E-state index in [4.69, 9.17) is 0 Å². The second kappa shape index (κ2) is 7.55. The van der Waals surface area contributed by atoms with Crippen molar-refractivity contribution in [3.63, 3.8) is 0 Å². The Morgan fingerprint density at radius 3 is 2.33 bits per heavy atom. The Bertz CT molecular complexity index is 825. The fourth-order valence-corrected chi connectivity index (χ4v) is 4.06. The molecule has 140 valence electrons. The highest BCUT2D eigenvalue weighted by molar-refractivity contribution is 5.84. The molecule has 2 aromatic carbocycles. The van der Waals surface area contributed by atoms with E-state index in [9.17, 15) is 9.59 Å². The van der Waals surface area contributed by atoms with Crippen molar-refractivity contribution in [2.75, 3.05) is 26.2 Å². The van der Waals surface area contributed by atoms with Crippen molar-refractivity contribution < 1.29 is 9.59 Å². The van der Waals surface area contributed by atoms with Gasteiger partial charge in [-0.3, -0.25) is 9.59 Å². The molecular formula is C23H26N2O2. The molecule has 1 aliphatic heterocycles. The highest BCUT2D eigenvalue weighted by Crippen LogP contribution is 2.48. The van der Waals surface area contributed by atoms with E-state index in [0.717, 1.165) is 12.0 Å². The van der Waals surface area contributed by atoms with Crippen molar-refractivity contribution in [1.29, 1.82) is 0 Å². The van der Waals surface area contributed by atoms with Gasteiger partial charge in [0, 0.05) is 32.1 Å². The topological polar surface area (TPSA) is 40.6 Å². The second-order valence-electron chi connectivity index (χ2n) is 7.73. The van der Waals surface area contributed by atoms with Crippen molar-refractivity contribution in [3.05, 3.63) is 71.3 Å². The van der Waals surface area contributed by atoms with Crippen LogP contribution in [-0.4, -0.2) is 47.8 Å². The SMILES string of the molecule is Cc1cccc(CC(=O)N2CCN(C(=O)C3CC3c3ccccc3)CC2)c1. The minimum absolute atomic E-state index is 0.127. The molecule has 0 bridgehead atoms. The first-order valence-electron chi connectivity index (χ1n) is 9.79. The summed E-state index contributed by atoms with van der Waals surface area (Å²) in [6, 6.07) is 18.4. The average molecular weight is 362 g/mol. The van der Waals surface area contributed by atoms with E-state index < -0.39 is 0 Å². The summed E-state index contributed by atoms with van der Waals surface area (Å²) in [4.78, 5) is 29.2. The molecule has 2 atom stereocenters. The van der Waals surface area contributed by atoms with Crippen LogP contribution in [0.5, 0.6) is 0 Å². The number of hydrogen-bond acceptors (Lipinski definition) is 2. The van der Waals surface area contributed by atoms with Crippen molar-refractivity contribution in [3.8, 4) is 0 Å². The maximum atomic E-state index is 12.8. The van der Waals surface area contributed by atoms with Crippen molar-refractivity contribution in [1.82, 2.24) is 9.80 Å². The Hall–Kier alpha value is -2.62. The minimum Gasteiger partial charge on any atom is -0.339 e. The van der Waals surface area contributed by atoms with Gasteiger partial charge in [0.15, 0.2) is 0 Å². The quantitative estimate of drug-likeness (QED) is 0.839. The minimum atomic E-state index is 0.127. The maximum Gasteiger partial charge on any atom is 0.227 e. The molecule has 27 heavy (non-hydrogen) atoms. The van der Waals surface area contributed by atoms with Gasteiger partial charge >= 0.3 is 0 Å². The van der Waals surface area contributed by atoms with Gasteiger partial charge in [-0.05, 0) is 30.4 Å². The van der Waals surface area contributed by atoms with Gasteiger partial charge in [-0.15, -0.1) is 0 Å². The van der Waals surface area contributed by atoms with Crippen LogP contribution in [0.25, 0.3) is 0 Å². The van der Waals surface area contributed by atoms with Crippen LogP contribution in [0.1, 0.15) is 29.0 Å². The summed E-state index contributed by atoms with van der Waals surface area (Å²) in [5.41, 5.74) is 3.50. The van der Waals surface area contributed by atoms with E-state index >= 15 is 0 Å². The van der Waals surface area contributed by atoms with Crippen LogP contribution in [0.15, 0.2) is 54.6 Å². The zero-order chi connectivity index (χ0) is 18.8. The van der Waals surface area contributed by atoms with Gasteiger partial charge in [0.05, 0.1) is 6.42 Å². The third-order valence-corrected chi connectivity index (χ3v) is 5.72. The van der Waals surface area contributed by atoms with Crippen LogP contribution in [-0.2, 0) is 16.0 Å². The Morgan fingerprint density at radius 1 is 0.926 bits per heavy atom. The number of amides is 2. The summed E-state index contributed by atoms with van der Waals surface area (Å²) in [6.07, 6.45) is 1.39. The van der Waals surface area contributed by atoms with Crippen LogP contribution in [0.4, 0.5) is 0 Å². The predicted molar refractivity (Wildman–Crippen MR) is 105 cm³/mol. The molecule has 4 heteroatoms. The van der Waals surface area contributed by atoms with E-state index in [-0.39, 0.29) is 17.7 Å². The normalized spacial score (nSPS) is 21.8. The van der Waals surface area contributed by atoms with Crippen molar-refractivity contribution in [2.24, 2.45) is 5.92 Å². The number of piperazine rings is 1. The highest BCUT2D eigenvalue weighted by atomic mass is 16.2. The Kier molecular flexibility index (Phi) is 4.97. The first kappa shape index (κ1) is 17.8. The zero-order valence-electron chi connectivity index (χ0n) is 15.8. The van der Waals surface area contributed by atoms with Gasteiger partial charge in [0.1, 0.15) is 0 Å². The third kappa shape index (κ3) is 4.05. The molecule has 4 rings (SSSR count). The lowest BCUT2D eigenvalue weighted by Gasteiger charge is -2.35. The molecule has 2 aliphatic rings. The molecule has 2 aromatic rings. The van der Waals surface area contributed by atoms with Crippen LogP contribution in [0.3, 0.4) is 0 Å². The highest BCUT2D eigenvalue weighted by Gasteiger charge is 2.46. The number of rotatable bonds is 4. The molecule has 0 spiro atoms. The molecule has 0 aromatic heterocycles. The maximum absolute atomic E-state index is 12.8. The molecule has 0 radical (unpaired) electrons. The molecule has 1 saturated carbocycles. The van der Waals surface area contributed by atoms with Gasteiger partial charge in [-0.25, -0.2) is 0 Å². The van der Waals surface area contributed by atoms with E-state index in [0.29, 0.717) is 38.5 Å². The number of benzene rings is 2. The fourth-order valence-electron chi connectivity index (χ4n) is 4.06. The summed E-state index contributed by atoms with van der Waals surface area (Å²) in [5, 5.41) is 0. The van der Waals surface area contributed by atoms with E-state index in [1.54, 1.807) is 0 Å². The molecule has 1 saturated heterocycles. The lowest BCUT2D eigenvalue weighted by molar-refractivity contribution is -0.140. The van der Waals surface area contributed by atoms with Gasteiger partial charge in [0.25, 0.3) is 0 Å². The van der Waals surface area contributed by atoms with E-state index in [1.807, 2.05) is 53.1 Å². The molecular weight excluding hydrogens is 336 g/mol. The molecule has 2 unspecified atom stereocenters. The summed E-state index contributed by atoms with van der Waals surface area (Å²) in [5.74, 6) is 0.914. The Labute approximate surface area is 160 Å². The van der Waals surface area contributed by atoms with Gasteiger partial charge < -0.3 is 9.80 Å². The molecule has 1 aliphatic carbocycles.